The average Bonchev–Trinajstić information content (AvgIpc) is 3.03. The first-order chi connectivity index (χ1) is 21.1. The average molecular weight is 614 g/mol. The largest absolute Gasteiger partial charge is 0.495 e. The van der Waals surface area contributed by atoms with Gasteiger partial charge in [0.05, 0.1) is 17.7 Å². The third-order valence-electron chi connectivity index (χ3n) is 7.31. The molecule has 0 aliphatic carbocycles. The summed E-state index contributed by atoms with van der Waals surface area (Å²) in [5, 5.41) is 2.88. The zero-order chi connectivity index (χ0) is 31.7. The Labute approximate surface area is 260 Å². The molecule has 0 spiro atoms. The van der Waals surface area contributed by atoms with Crippen molar-refractivity contribution in [3.63, 3.8) is 0 Å². The maximum Gasteiger partial charge on any atom is 0.264 e. The summed E-state index contributed by atoms with van der Waals surface area (Å²) in [5.41, 5.74) is 3.78. The van der Waals surface area contributed by atoms with Crippen LogP contribution in [-0.4, -0.2) is 51.4 Å². The van der Waals surface area contributed by atoms with E-state index in [0.29, 0.717) is 12.3 Å². The molecule has 4 rings (SSSR count). The van der Waals surface area contributed by atoms with Crippen LogP contribution < -0.4 is 14.4 Å². The number of nitrogens with one attached hydrogen (secondary N) is 1. The normalized spacial score (nSPS) is 11.8. The van der Waals surface area contributed by atoms with Crippen molar-refractivity contribution in [2.24, 2.45) is 0 Å². The van der Waals surface area contributed by atoms with Crippen LogP contribution in [0, 0.1) is 13.8 Å². The highest BCUT2D eigenvalue weighted by molar-refractivity contribution is 7.92. The molecule has 0 heterocycles. The zero-order valence-corrected chi connectivity index (χ0v) is 26.4. The molecule has 9 heteroatoms. The number of aryl methyl sites for hydroxylation is 2. The van der Waals surface area contributed by atoms with Crippen LogP contribution in [0.5, 0.6) is 5.75 Å². The number of carbonyl (C=O) groups is 2. The summed E-state index contributed by atoms with van der Waals surface area (Å²) in [6.45, 7) is 5.58. The summed E-state index contributed by atoms with van der Waals surface area (Å²) in [5.74, 6) is -0.541. The molecular formula is C35H39N3O5S. The second-order valence-electron chi connectivity index (χ2n) is 10.6. The topological polar surface area (TPSA) is 96.0 Å². The highest BCUT2D eigenvalue weighted by atomic mass is 32.2. The highest BCUT2D eigenvalue weighted by Gasteiger charge is 2.35. The Hall–Kier alpha value is -4.63. The predicted molar refractivity (Wildman–Crippen MR) is 173 cm³/mol. The maximum absolute atomic E-state index is 14.5. The van der Waals surface area contributed by atoms with Gasteiger partial charge in [-0.1, -0.05) is 84.4 Å². The van der Waals surface area contributed by atoms with Gasteiger partial charge in [0.25, 0.3) is 10.0 Å². The molecule has 0 unspecified atom stereocenters. The number of hydrogen-bond acceptors (Lipinski definition) is 5. The highest BCUT2D eigenvalue weighted by Crippen LogP contribution is 2.34. The SMILES string of the molecule is CCNC(=O)[C@@H](Cc1ccccc1)N(Cc1ccc(C)cc1)C(=O)CN(c1cc(C)ccc1OC)S(=O)(=O)c1ccccc1. The molecule has 4 aromatic carbocycles. The first kappa shape index (κ1) is 32.3. The van der Waals surface area contributed by atoms with Gasteiger partial charge < -0.3 is 15.0 Å². The van der Waals surface area contributed by atoms with Crippen LogP contribution in [0.1, 0.15) is 29.2 Å². The molecule has 2 amide bonds. The molecule has 0 saturated carbocycles. The van der Waals surface area contributed by atoms with Crippen molar-refractivity contribution in [3.8, 4) is 5.75 Å². The number of methoxy groups -OCH3 is 1. The fourth-order valence-corrected chi connectivity index (χ4v) is 6.40. The van der Waals surface area contributed by atoms with Gasteiger partial charge in [-0.15, -0.1) is 0 Å². The molecule has 4 aromatic rings. The number of hydrogen-bond donors (Lipinski definition) is 1. The van der Waals surface area contributed by atoms with Gasteiger partial charge in [-0.3, -0.25) is 13.9 Å². The van der Waals surface area contributed by atoms with E-state index in [1.54, 1.807) is 30.3 Å². The van der Waals surface area contributed by atoms with Gasteiger partial charge in [0.1, 0.15) is 18.3 Å². The predicted octanol–water partition coefficient (Wildman–Crippen LogP) is 5.28. The minimum Gasteiger partial charge on any atom is -0.495 e. The van der Waals surface area contributed by atoms with E-state index in [2.05, 4.69) is 5.32 Å². The summed E-state index contributed by atoms with van der Waals surface area (Å²) < 4.78 is 35.0. The van der Waals surface area contributed by atoms with E-state index in [1.807, 2.05) is 81.4 Å². The van der Waals surface area contributed by atoms with E-state index in [4.69, 9.17) is 4.74 Å². The Bertz CT molecular complexity index is 1660. The fraction of sp³-hybridized carbons (Fsp3) is 0.257. The zero-order valence-electron chi connectivity index (χ0n) is 25.6. The molecule has 0 bridgehead atoms. The van der Waals surface area contributed by atoms with Gasteiger partial charge in [0.2, 0.25) is 11.8 Å². The summed E-state index contributed by atoms with van der Waals surface area (Å²) in [6, 6.07) is 29.4. The fourth-order valence-electron chi connectivity index (χ4n) is 4.96. The van der Waals surface area contributed by atoms with E-state index < -0.39 is 28.5 Å². The van der Waals surface area contributed by atoms with Gasteiger partial charge in [-0.25, -0.2) is 8.42 Å². The Balaban J connectivity index is 1.83. The van der Waals surface area contributed by atoms with Crippen molar-refractivity contribution in [2.75, 3.05) is 24.5 Å². The van der Waals surface area contributed by atoms with Crippen LogP contribution >= 0.6 is 0 Å². The molecule has 0 aromatic heterocycles. The molecule has 0 aliphatic heterocycles. The molecule has 230 valence electrons. The smallest absolute Gasteiger partial charge is 0.264 e. The van der Waals surface area contributed by atoms with E-state index >= 15 is 0 Å². The lowest BCUT2D eigenvalue weighted by molar-refractivity contribution is -0.140. The van der Waals surface area contributed by atoms with Crippen LogP contribution in [0.4, 0.5) is 5.69 Å². The van der Waals surface area contributed by atoms with Crippen molar-refractivity contribution in [1.82, 2.24) is 10.2 Å². The van der Waals surface area contributed by atoms with Crippen molar-refractivity contribution in [1.29, 1.82) is 0 Å². The van der Waals surface area contributed by atoms with Crippen LogP contribution in [-0.2, 0) is 32.6 Å². The number of ether oxygens (including phenoxy) is 1. The Morgan fingerprint density at radius 1 is 0.818 bits per heavy atom. The van der Waals surface area contributed by atoms with E-state index in [-0.39, 0.29) is 29.5 Å². The first-order valence-corrected chi connectivity index (χ1v) is 16.0. The first-order valence-electron chi connectivity index (χ1n) is 14.5. The lowest BCUT2D eigenvalue weighted by Gasteiger charge is -2.34. The second-order valence-corrected chi connectivity index (χ2v) is 12.5. The third-order valence-corrected chi connectivity index (χ3v) is 9.08. The van der Waals surface area contributed by atoms with Gasteiger partial charge in [-0.05, 0) is 61.7 Å². The van der Waals surface area contributed by atoms with Crippen molar-refractivity contribution in [3.05, 3.63) is 125 Å². The minimum atomic E-state index is -4.22. The summed E-state index contributed by atoms with van der Waals surface area (Å²) in [6.07, 6.45) is 0.253. The second kappa shape index (κ2) is 14.7. The number of anilines is 1. The maximum atomic E-state index is 14.5. The van der Waals surface area contributed by atoms with Crippen molar-refractivity contribution < 1.29 is 22.7 Å². The molecule has 44 heavy (non-hydrogen) atoms. The lowest BCUT2D eigenvalue weighted by atomic mass is 10.0. The van der Waals surface area contributed by atoms with E-state index in [0.717, 1.165) is 26.6 Å². The molecule has 0 aliphatic rings. The Morgan fingerprint density at radius 2 is 1.43 bits per heavy atom. The monoisotopic (exact) mass is 613 g/mol. The Kier molecular flexibility index (Phi) is 10.8. The minimum absolute atomic E-state index is 0.0333. The number of amides is 2. The van der Waals surface area contributed by atoms with Crippen LogP contribution in [0.2, 0.25) is 0 Å². The van der Waals surface area contributed by atoms with Crippen molar-refractivity contribution in [2.45, 2.75) is 44.7 Å². The van der Waals surface area contributed by atoms with Crippen LogP contribution in [0.25, 0.3) is 0 Å². The van der Waals surface area contributed by atoms with Gasteiger partial charge in [-0.2, -0.15) is 0 Å². The number of benzene rings is 4. The van der Waals surface area contributed by atoms with Crippen LogP contribution in [0.3, 0.4) is 0 Å². The molecular weight excluding hydrogens is 574 g/mol. The lowest BCUT2D eigenvalue weighted by Crippen LogP contribution is -2.53. The molecule has 8 nitrogen and oxygen atoms in total. The number of rotatable bonds is 13. The summed E-state index contributed by atoms with van der Waals surface area (Å²) in [7, 11) is -2.76. The Morgan fingerprint density at radius 3 is 2.05 bits per heavy atom. The molecule has 1 N–H and O–H groups in total. The molecule has 0 radical (unpaired) electrons. The van der Waals surface area contributed by atoms with Crippen molar-refractivity contribution >= 4 is 27.5 Å². The standard InChI is InChI=1S/C35H39N3O5S/c1-5-36-35(40)32(23-28-12-8-6-9-13-28)37(24-29-19-16-26(2)17-20-29)34(39)25-38(31-22-27(3)18-21-33(31)43-4)44(41,42)30-14-10-7-11-15-30/h6-22,32H,5,23-25H2,1-4H3,(H,36,40)/t32-/m1/s1. The summed E-state index contributed by atoms with van der Waals surface area (Å²) in [4.78, 5) is 29.6. The van der Waals surface area contributed by atoms with Gasteiger partial charge in [0.15, 0.2) is 0 Å². The van der Waals surface area contributed by atoms with Gasteiger partial charge >= 0.3 is 0 Å². The molecule has 0 fully saturated rings. The number of carbonyl (C=O) groups excluding carboxylic acids is 2. The third kappa shape index (κ3) is 7.85. The van der Waals surface area contributed by atoms with Gasteiger partial charge in [0, 0.05) is 19.5 Å². The summed E-state index contributed by atoms with van der Waals surface area (Å²) >= 11 is 0. The molecule has 1 atom stereocenters. The van der Waals surface area contributed by atoms with E-state index in [9.17, 15) is 18.0 Å². The number of likely N-dealkylation sites (N-methyl/N-ethyl adjacent to an activating group) is 1. The van der Waals surface area contributed by atoms with E-state index in [1.165, 1.54) is 24.1 Å². The molecule has 0 saturated heterocycles. The van der Waals surface area contributed by atoms with Crippen LogP contribution in [0.15, 0.2) is 108 Å². The quantitative estimate of drug-likeness (QED) is 0.221. The number of sulfonamides is 1. The number of nitrogens with zero attached hydrogens (tertiary/aromatic N) is 2.